The topological polar surface area (TPSA) is 80.9 Å². The molecule has 1 aliphatic rings. The van der Waals surface area contributed by atoms with Gasteiger partial charge in [-0.3, -0.25) is 4.90 Å². The number of hydrogen-bond donors (Lipinski definition) is 0. The van der Waals surface area contributed by atoms with Crippen LogP contribution in [0.1, 0.15) is 44.4 Å². The van der Waals surface area contributed by atoms with Crippen LogP contribution < -0.4 is 0 Å². The van der Waals surface area contributed by atoms with Crippen molar-refractivity contribution < 1.29 is 18.4 Å². The third-order valence-corrected chi connectivity index (χ3v) is 12.3. The Balaban J connectivity index is 1.50. The summed E-state index contributed by atoms with van der Waals surface area (Å²) in [7, 11) is -0.0562. The minimum Gasteiger partial charge on any atom is -0.445 e. The van der Waals surface area contributed by atoms with E-state index >= 15 is 0 Å². The van der Waals surface area contributed by atoms with Crippen LogP contribution in [0, 0.1) is 0 Å². The van der Waals surface area contributed by atoms with Gasteiger partial charge in [-0.2, -0.15) is 0 Å². The van der Waals surface area contributed by atoms with Crippen molar-refractivity contribution in [1.29, 1.82) is 0 Å². The van der Waals surface area contributed by atoms with Crippen molar-refractivity contribution >= 4 is 14.4 Å². The molecule has 9 heteroatoms. The maximum atomic E-state index is 13.2. The van der Waals surface area contributed by atoms with Crippen molar-refractivity contribution in [2.75, 3.05) is 26.7 Å². The Labute approximate surface area is 227 Å². The van der Waals surface area contributed by atoms with Gasteiger partial charge in [-0.1, -0.05) is 63.2 Å². The van der Waals surface area contributed by atoms with Crippen LogP contribution in [0.15, 0.2) is 65.4 Å². The van der Waals surface area contributed by atoms with Crippen LogP contribution in [0.4, 0.5) is 4.79 Å². The van der Waals surface area contributed by atoms with Gasteiger partial charge in [-0.05, 0) is 47.8 Å². The SMILES string of the molecule is CN(C(=O)OCc1ccccc1)[C@H](CN1CC[C@H](O[Si](C)(C)C(C)(C)C)C1)c1cccc(-c2nnco2)c1. The van der Waals surface area contributed by atoms with Crippen molar-refractivity contribution in [2.45, 2.75) is 64.1 Å². The second kappa shape index (κ2) is 11.8. The highest BCUT2D eigenvalue weighted by molar-refractivity contribution is 6.74. The second-order valence-corrected chi connectivity index (χ2v) is 16.3. The molecule has 2 heterocycles. The van der Waals surface area contributed by atoms with E-state index < -0.39 is 8.32 Å². The summed E-state index contributed by atoms with van der Waals surface area (Å²) >= 11 is 0. The van der Waals surface area contributed by atoms with Gasteiger partial charge in [-0.25, -0.2) is 4.79 Å². The van der Waals surface area contributed by atoms with E-state index in [9.17, 15) is 4.79 Å². The van der Waals surface area contributed by atoms with Crippen LogP contribution >= 0.6 is 0 Å². The maximum absolute atomic E-state index is 13.2. The van der Waals surface area contributed by atoms with Crippen LogP contribution in [0.3, 0.4) is 0 Å². The molecule has 0 unspecified atom stereocenters. The molecule has 1 aliphatic heterocycles. The second-order valence-electron chi connectivity index (χ2n) is 11.6. The van der Waals surface area contributed by atoms with Crippen LogP contribution in [-0.4, -0.2) is 67.2 Å². The van der Waals surface area contributed by atoms with Crippen molar-refractivity contribution in [3.8, 4) is 11.5 Å². The van der Waals surface area contributed by atoms with Gasteiger partial charge in [-0.15, -0.1) is 10.2 Å². The van der Waals surface area contributed by atoms with Crippen LogP contribution in [0.5, 0.6) is 0 Å². The molecule has 1 amide bonds. The summed E-state index contributed by atoms with van der Waals surface area (Å²) in [6.45, 7) is 14.1. The molecule has 1 aromatic heterocycles. The number of amides is 1. The molecule has 4 rings (SSSR count). The standard InChI is InChI=1S/C29H40N4O4Si/c1-29(2,3)38(5,6)37-25-15-16-33(18-25)19-26(23-13-10-14-24(17-23)27-31-30-21-36-27)32(4)28(34)35-20-22-11-8-7-9-12-22/h7-14,17,21,25-26H,15-16,18-20H2,1-6H3/t25-,26+/m0/s1. The molecule has 0 radical (unpaired) electrons. The number of benzene rings is 2. The number of hydrogen-bond acceptors (Lipinski definition) is 7. The number of likely N-dealkylation sites (N-methyl/N-ethyl adjacent to an activating group) is 1. The van der Waals surface area contributed by atoms with Gasteiger partial charge in [0.1, 0.15) is 6.61 Å². The molecule has 0 saturated carbocycles. The molecule has 2 atom stereocenters. The summed E-state index contributed by atoms with van der Waals surface area (Å²) in [5, 5.41) is 8.03. The van der Waals surface area contributed by atoms with E-state index in [1.165, 1.54) is 6.39 Å². The van der Waals surface area contributed by atoms with Crippen molar-refractivity contribution in [2.24, 2.45) is 0 Å². The Kier molecular flexibility index (Phi) is 8.70. The van der Waals surface area contributed by atoms with Gasteiger partial charge >= 0.3 is 6.09 Å². The highest BCUT2D eigenvalue weighted by atomic mass is 28.4. The number of rotatable bonds is 9. The molecular formula is C29H40N4O4Si. The fourth-order valence-corrected chi connectivity index (χ4v) is 5.85. The van der Waals surface area contributed by atoms with Gasteiger partial charge in [0.15, 0.2) is 8.32 Å². The highest BCUT2D eigenvalue weighted by Crippen LogP contribution is 2.38. The monoisotopic (exact) mass is 536 g/mol. The smallest absolute Gasteiger partial charge is 0.410 e. The van der Waals surface area contributed by atoms with Gasteiger partial charge in [0.25, 0.3) is 0 Å². The zero-order valence-corrected chi connectivity index (χ0v) is 24.4. The van der Waals surface area contributed by atoms with E-state index in [0.29, 0.717) is 12.4 Å². The van der Waals surface area contributed by atoms with Crippen molar-refractivity contribution in [1.82, 2.24) is 20.0 Å². The largest absolute Gasteiger partial charge is 0.445 e. The van der Waals surface area contributed by atoms with Gasteiger partial charge in [0, 0.05) is 32.2 Å². The first-order valence-corrected chi connectivity index (χ1v) is 16.1. The summed E-state index contributed by atoms with van der Waals surface area (Å²) in [6, 6.07) is 17.4. The molecule has 8 nitrogen and oxygen atoms in total. The fourth-order valence-electron chi connectivity index (χ4n) is 4.47. The molecule has 204 valence electrons. The average Bonchev–Trinajstić information content (AvgIpc) is 3.58. The van der Waals surface area contributed by atoms with E-state index in [0.717, 1.165) is 36.2 Å². The minimum absolute atomic E-state index is 0.168. The number of likely N-dealkylation sites (tertiary alicyclic amines) is 1. The third kappa shape index (κ3) is 6.89. The molecule has 0 spiro atoms. The van der Waals surface area contributed by atoms with Crippen LogP contribution in [0.2, 0.25) is 18.1 Å². The lowest BCUT2D eigenvalue weighted by Crippen LogP contribution is -2.45. The number of carbonyl (C=O) groups is 1. The van der Waals surface area contributed by atoms with Gasteiger partial charge in [0.05, 0.1) is 12.1 Å². The molecule has 38 heavy (non-hydrogen) atoms. The van der Waals surface area contributed by atoms with Crippen molar-refractivity contribution in [3.63, 3.8) is 0 Å². The van der Waals surface area contributed by atoms with Crippen LogP contribution in [0.25, 0.3) is 11.5 Å². The summed E-state index contributed by atoms with van der Waals surface area (Å²) < 4.78 is 17.8. The van der Waals surface area contributed by atoms with E-state index in [1.807, 2.05) is 54.6 Å². The van der Waals surface area contributed by atoms with Gasteiger partial charge < -0.3 is 18.5 Å². The Morgan fingerprint density at radius 1 is 1.18 bits per heavy atom. The molecule has 0 aliphatic carbocycles. The maximum Gasteiger partial charge on any atom is 0.410 e. The molecule has 1 fully saturated rings. The molecule has 0 bridgehead atoms. The lowest BCUT2D eigenvalue weighted by Gasteiger charge is -2.38. The molecule has 0 N–H and O–H groups in total. The number of nitrogens with zero attached hydrogens (tertiary/aromatic N) is 4. The number of ether oxygens (including phenoxy) is 1. The Morgan fingerprint density at radius 3 is 2.63 bits per heavy atom. The first-order chi connectivity index (χ1) is 18.0. The number of aromatic nitrogens is 2. The summed E-state index contributed by atoms with van der Waals surface area (Å²) in [5.41, 5.74) is 2.75. The van der Waals surface area contributed by atoms with Crippen molar-refractivity contribution in [3.05, 3.63) is 72.1 Å². The first kappa shape index (κ1) is 28.0. The molecule has 3 aromatic rings. The average molecular weight is 537 g/mol. The predicted octanol–water partition coefficient (Wildman–Crippen LogP) is 6.14. The van der Waals surface area contributed by atoms with Gasteiger partial charge in [0.2, 0.25) is 12.3 Å². The quantitative estimate of drug-likeness (QED) is 0.304. The van der Waals surface area contributed by atoms with Crippen LogP contribution in [-0.2, 0) is 15.8 Å². The fraction of sp³-hybridized carbons (Fsp3) is 0.483. The summed E-state index contributed by atoms with van der Waals surface area (Å²) in [5.74, 6) is 0.448. The Bertz CT molecular complexity index is 1180. The molecule has 2 aromatic carbocycles. The highest BCUT2D eigenvalue weighted by Gasteiger charge is 2.41. The van der Waals surface area contributed by atoms with E-state index in [2.05, 4.69) is 49.0 Å². The Hall–Kier alpha value is -3.01. The first-order valence-electron chi connectivity index (χ1n) is 13.2. The zero-order chi connectivity index (χ0) is 27.3. The summed E-state index contributed by atoms with van der Waals surface area (Å²) in [4.78, 5) is 17.3. The normalized spacial score (nSPS) is 17.4. The predicted molar refractivity (Wildman–Crippen MR) is 150 cm³/mol. The minimum atomic E-state index is -1.86. The lowest BCUT2D eigenvalue weighted by molar-refractivity contribution is 0.0819. The third-order valence-electron chi connectivity index (χ3n) is 7.77. The summed E-state index contributed by atoms with van der Waals surface area (Å²) in [6.07, 6.45) is 2.15. The van der Waals surface area contributed by atoms with E-state index in [1.54, 1.807) is 11.9 Å². The molecular weight excluding hydrogens is 496 g/mol. The number of carbonyl (C=O) groups excluding carboxylic acids is 1. The van der Waals surface area contributed by atoms with E-state index in [-0.39, 0.29) is 29.9 Å². The zero-order valence-electron chi connectivity index (χ0n) is 23.4. The molecule has 1 saturated heterocycles. The Morgan fingerprint density at radius 2 is 1.95 bits per heavy atom. The van der Waals surface area contributed by atoms with E-state index in [4.69, 9.17) is 13.6 Å². The lowest BCUT2D eigenvalue weighted by atomic mass is 10.0.